The number of rotatable bonds is 29. The molecule has 288 valence electrons. The third kappa shape index (κ3) is 20.4. The fourth-order valence-corrected chi connectivity index (χ4v) is 4.82. The Hall–Kier alpha value is -4.12. The molecule has 2 atom stereocenters. The summed E-state index contributed by atoms with van der Waals surface area (Å²) in [6.45, 7) is 8.32. The van der Waals surface area contributed by atoms with Gasteiger partial charge >= 0.3 is 12.0 Å². The number of nitrogens with two attached hydrogens (primary N) is 2. The fraction of sp³-hybridized carbons (Fsp3) is 0.657. The summed E-state index contributed by atoms with van der Waals surface area (Å²) in [7, 11) is 1.21. The molecule has 4 amide bonds. The SMILES string of the molecule is COC(=O)c1ccc(NC(=O)[C@H](CCCNC(N)=O)CC(=O)[C@@H](NC(C)=O)C(C)C)cc1OCC(=O)CCCCOCCOCCOCCCN. The van der Waals surface area contributed by atoms with Gasteiger partial charge in [0.15, 0.2) is 11.6 Å². The molecule has 0 bridgehead atoms. The Bertz CT molecular complexity index is 1240. The van der Waals surface area contributed by atoms with Crippen molar-refractivity contribution < 1.29 is 52.5 Å². The second kappa shape index (κ2) is 26.7. The number of ketones is 2. The number of hydrogen-bond donors (Lipinski definition) is 5. The van der Waals surface area contributed by atoms with Crippen LogP contribution < -0.4 is 32.2 Å². The smallest absolute Gasteiger partial charge is 0.341 e. The maximum absolute atomic E-state index is 13.5. The molecule has 51 heavy (non-hydrogen) atoms. The van der Waals surface area contributed by atoms with Crippen LogP contribution in [0.5, 0.6) is 5.75 Å². The maximum Gasteiger partial charge on any atom is 0.341 e. The molecule has 0 aromatic heterocycles. The number of urea groups is 1. The maximum atomic E-state index is 13.5. The predicted octanol–water partition coefficient (Wildman–Crippen LogP) is 2.11. The summed E-state index contributed by atoms with van der Waals surface area (Å²) in [6, 6.07) is 2.79. The Balaban J connectivity index is 2.77. The molecule has 0 aliphatic carbocycles. The molecule has 1 aromatic carbocycles. The van der Waals surface area contributed by atoms with E-state index in [0.29, 0.717) is 65.4 Å². The molecule has 0 aliphatic heterocycles. The highest BCUT2D eigenvalue weighted by Gasteiger charge is 2.29. The highest BCUT2D eigenvalue weighted by molar-refractivity contribution is 5.98. The number of hydrogen-bond acceptors (Lipinski definition) is 12. The average Bonchev–Trinajstić information content (AvgIpc) is 3.08. The molecule has 7 N–H and O–H groups in total. The Morgan fingerprint density at radius 1 is 0.863 bits per heavy atom. The van der Waals surface area contributed by atoms with E-state index in [0.717, 1.165) is 6.42 Å². The Kier molecular flexibility index (Phi) is 23.5. The predicted molar refractivity (Wildman–Crippen MR) is 189 cm³/mol. The summed E-state index contributed by atoms with van der Waals surface area (Å²) in [5, 5.41) is 7.86. The second-order valence-corrected chi connectivity index (χ2v) is 12.2. The van der Waals surface area contributed by atoms with Crippen LogP contribution in [0, 0.1) is 11.8 Å². The summed E-state index contributed by atoms with van der Waals surface area (Å²) in [4.78, 5) is 74.5. The number of amides is 4. The summed E-state index contributed by atoms with van der Waals surface area (Å²) >= 11 is 0. The van der Waals surface area contributed by atoms with Gasteiger partial charge in [0.25, 0.3) is 0 Å². The van der Waals surface area contributed by atoms with E-state index in [9.17, 15) is 28.8 Å². The van der Waals surface area contributed by atoms with Gasteiger partial charge in [0, 0.05) is 57.2 Å². The standard InChI is InChI=1S/C35H57N5O11/c1-24(2)32(39-25(3)41)30(43)21-26(9-7-14-38-35(37)46)33(44)40-27-11-12-29(34(45)47-4)31(22-27)51-23-28(42)10-5-6-15-48-17-19-50-20-18-49-16-8-13-36/h11-12,22,24,26,32H,5-10,13-21,23,36H2,1-4H3,(H,39,41)(H,40,44)(H3,37,38,46)/t26-,32+/m1/s1. The number of carbonyl (C=O) groups excluding carboxylic acids is 6. The van der Waals surface area contributed by atoms with Gasteiger partial charge in [-0.15, -0.1) is 0 Å². The number of Topliss-reactive ketones (excluding diaryl/α,β-unsaturated/α-hetero) is 2. The fourth-order valence-electron chi connectivity index (χ4n) is 4.82. The lowest BCUT2D eigenvalue weighted by Crippen LogP contribution is -2.44. The van der Waals surface area contributed by atoms with Crippen molar-refractivity contribution in [2.45, 2.75) is 71.8 Å². The van der Waals surface area contributed by atoms with Crippen molar-refractivity contribution in [3.8, 4) is 5.75 Å². The van der Waals surface area contributed by atoms with Gasteiger partial charge in [-0.05, 0) is 56.7 Å². The number of methoxy groups -OCH3 is 1. The highest BCUT2D eigenvalue weighted by atomic mass is 16.5. The normalized spacial score (nSPS) is 12.1. The first-order valence-corrected chi connectivity index (χ1v) is 17.3. The molecule has 0 saturated heterocycles. The van der Waals surface area contributed by atoms with Crippen LogP contribution in [0.1, 0.15) is 76.1 Å². The third-order valence-electron chi connectivity index (χ3n) is 7.49. The van der Waals surface area contributed by atoms with Gasteiger partial charge in [0.1, 0.15) is 17.9 Å². The minimum atomic E-state index is -0.823. The first-order chi connectivity index (χ1) is 24.4. The molecule has 16 heteroatoms. The number of unbranched alkanes of at least 4 members (excludes halogenated alkanes) is 1. The molecule has 0 saturated carbocycles. The van der Waals surface area contributed by atoms with Crippen molar-refractivity contribution in [2.24, 2.45) is 23.3 Å². The molecule has 0 radical (unpaired) electrons. The molecule has 1 rings (SSSR count). The Labute approximate surface area is 300 Å². The molecule has 0 heterocycles. The molecular formula is C35H57N5O11. The van der Waals surface area contributed by atoms with Crippen LogP contribution in [-0.2, 0) is 38.1 Å². The molecular weight excluding hydrogens is 666 g/mol. The zero-order valence-corrected chi connectivity index (χ0v) is 30.4. The van der Waals surface area contributed by atoms with Crippen LogP contribution in [0.3, 0.4) is 0 Å². The quantitative estimate of drug-likeness (QED) is 0.0590. The monoisotopic (exact) mass is 723 g/mol. The summed E-state index contributed by atoms with van der Waals surface area (Å²) in [6.07, 6.45) is 2.70. The highest BCUT2D eigenvalue weighted by Crippen LogP contribution is 2.26. The van der Waals surface area contributed by atoms with Gasteiger partial charge in [0.2, 0.25) is 11.8 Å². The van der Waals surface area contributed by atoms with Crippen LogP contribution >= 0.6 is 0 Å². The van der Waals surface area contributed by atoms with Crippen LogP contribution in [-0.4, -0.2) is 108 Å². The lowest BCUT2D eigenvalue weighted by atomic mass is 9.89. The minimum absolute atomic E-state index is 0.0323. The van der Waals surface area contributed by atoms with E-state index in [-0.39, 0.29) is 72.8 Å². The van der Waals surface area contributed by atoms with E-state index in [1.165, 1.54) is 32.2 Å². The van der Waals surface area contributed by atoms with Gasteiger partial charge in [-0.2, -0.15) is 0 Å². The van der Waals surface area contributed by atoms with Crippen LogP contribution in [0.4, 0.5) is 10.5 Å². The van der Waals surface area contributed by atoms with E-state index in [1.807, 2.05) is 0 Å². The molecule has 16 nitrogen and oxygen atoms in total. The molecule has 0 aliphatic rings. The largest absolute Gasteiger partial charge is 0.485 e. The van der Waals surface area contributed by atoms with Crippen LogP contribution in [0.15, 0.2) is 18.2 Å². The van der Waals surface area contributed by atoms with Crippen molar-refractivity contribution in [2.75, 3.05) is 71.8 Å². The number of esters is 1. The number of primary amides is 1. The Morgan fingerprint density at radius 3 is 2.10 bits per heavy atom. The van der Waals surface area contributed by atoms with Crippen molar-refractivity contribution in [3.05, 3.63) is 23.8 Å². The molecule has 0 spiro atoms. The summed E-state index contributed by atoms with van der Waals surface area (Å²) < 4.78 is 26.9. The van der Waals surface area contributed by atoms with Crippen molar-refractivity contribution in [3.63, 3.8) is 0 Å². The third-order valence-corrected chi connectivity index (χ3v) is 7.49. The van der Waals surface area contributed by atoms with Gasteiger partial charge in [0.05, 0.1) is 39.6 Å². The van der Waals surface area contributed by atoms with E-state index in [2.05, 4.69) is 16.0 Å². The zero-order valence-electron chi connectivity index (χ0n) is 30.4. The van der Waals surface area contributed by atoms with Crippen molar-refractivity contribution in [1.82, 2.24) is 10.6 Å². The molecule has 1 aromatic rings. The van der Waals surface area contributed by atoms with Gasteiger partial charge in [-0.25, -0.2) is 9.59 Å². The van der Waals surface area contributed by atoms with Gasteiger partial charge in [-0.1, -0.05) is 13.8 Å². The lowest BCUT2D eigenvalue weighted by Gasteiger charge is -2.23. The molecule has 0 unspecified atom stereocenters. The zero-order chi connectivity index (χ0) is 38.0. The topological polar surface area (TPSA) is 237 Å². The van der Waals surface area contributed by atoms with Crippen molar-refractivity contribution >= 4 is 41.1 Å². The molecule has 0 fully saturated rings. The van der Waals surface area contributed by atoms with E-state index in [4.69, 9.17) is 35.2 Å². The number of anilines is 1. The van der Waals surface area contributed by atoms with E-state index < -0.39 is 29.9 Å². The van der Waals surface area contributed by atoms with E-state index in [1.54, 1.807) is 13.8 Å². The number of nitrogens with one attached hydrogen (secondary N) is 3. The van der Waals surface area contributed by atoms with Gasteiger partial charge < -0.3 is 51.1 Å². The number of carbonyl (C=O) groups is 6. The summed E-state index contributed by atoms with van der Waals surface area (Å²) in [5.74, 6) is -3.07. The van der Waals surface area contributed by atoms with Crippen LogP contribution in [0.2, 0.25) is 0 Å². The first-order valence-electron chi connectivity index (χ1n) is 17.3. The number of ether oxygens (including phenoxy) is 5. The number of benzene rings is 1. The van der Waals surface area contributed by atoms with E-state index >= 15 is 0 Å². The van der Waals surface area contributed by atoms with Crippen LogP contribution in [0.25, 0.3) is 0 Å². The van der Waals surface area contributed by atoms with Gasteiger partial charge in [-0.3, -0.25) is 19.2 Å². The average molecular weight is 724 g/mol. The second-order valence-electron chi connectivity index (χ2n) is 12.2. The Morgan fingerprint density at radius 2 is 1.51 bits per heavy atom. The first kappa shape index (κ1) is 44.9. The summed E-state index contributed by atoms with van der Waals surface area (Å²) in [5.41, 5.74) is 10.9. The van der Waals surface area contributed by atoms with Crippen molar-refractivity contribution in [1.29, 1.82) is 0 Å². The lowest BCUT2D eigenvalue weighted by molar-refractivity contribution is -0.130. The minimum Gasteiger partial charge on any atom is -0.485 e.